The average molecular weight is 236 g/mol. The molecule has 2 rings (SSSR count). The highest BCUT2D eigenvalue weighted by molar-refractivity contribution is 5.69. The molecular weight excluding hydrogens is 220 g/mol. The van der Waals surface area contributed by atoms with Crippen molar-refractivity contribution in [3.8, 4) is 17.2 Å². The fourth-order valence-electron chi connectivity index (χ4n) is 1.64. The van der Waals surface area contributed by atoms with Crippen LogP contribution < -0.4 is 14.2 Å². The molecule has 1 aromatic rings. The van der Waals surface area contributed by atoms with Gasteiger partial charge in [0.2, 0.25) is 0 Å². The molecule has 1 aromatic carbocycles. The smallest absolute Gasteiger partial charge is 0.308 e. The predicted molar refractivity (Wildman–Crippen MR) is 62.6 cm³/mol. The summed E-state index contributed by atoms with van der Waals surface area (Å²) in [5, 5.41) is 0. The maximum Gasteiger partial charge on any atom is 0.308 e. The lowest BCUT2D eigenvalue weighted by molar-refractivity contribution is -0.131. The molecule has 1 aliphatic rings. The fourth-order valence-corrected chi connectivity index (χ4v) is 1.64. The topological polar surface area (TPSA) is 44.8 Å². The van der Waals surface area contributed by atoms with E-state index in [1.54, 1.807) is 25.3 Å². The van der Waals surface area contributed by atoms with Gasteiger partial charge in [-0.15, -0.1) is 0 Å². The van der Waals surface area contributed by atoms with Crippen LogP contribution in [0.15, 0.2) is 18.2 Å². The van der Waals surface area contributed by atoms with E-state index in [9.17, 15) is 4.79 Å². The number of carbonyl (C=O) groups excluding carboxylic acids is 1. The molecule has 17 heavy (non-hydrogen) atoms. The fraction of sp³-hybridized carbons (Fsp3) is 0.462. The largest absolute Gasteiger partial charge is 0.493 e. The van der Waals surface area contributed by atoms with E-state index in [4.69, 9.17) is 14.2 Å². The zero-order valence-corrected chi connectivity index (χ0v) is 10.1. The van der Waals surface area contributed by atoms with Crippen LogP contribution in [0.25, 0.3) is 0 Å². The maximum atomic E-state index is 10.8. The Morgan fingerprint density at radius 1 is 1.29 bits per heavy atom. The Kier molecular flexibility index (Phi) is 3.52. The van der Waals surface area contributed by atoms with Gasteiger partial charge in [0.1, 0.15) is 5.75 Å². The monoisotopic (exact) mass is 236 g/mol. The van der Waals surface area contributed by atoms with Crippen molar-refractivity contribution in [3.05, 3.63) is 18.2 Å². The van der Waals surface area contributed by atoms with Crippen LogP contribution >= 0.6 is 0 Å². The van der Waals surface area contributed by atoms with E-state index in [-0.39, 0.29) is 5.97 Å². The third kappa shape index (κ3) is 2.90. The Balaban J connectivity index is 2.12. The Labute approximate surface area is 100 Å². The molecule has 0 bridgehead atoms. The summed E-state index contributed by atoms with van der Waals surface area (Å²) in [5.41, 5.74) is 0. The first-order valence-electron chi connectivity index (χ1n) is 5.72. The zero-order chi connectivity index (χ0) is 12.3. The van der Waals surface area contributed by atoms with Crippen molar-refractivity contribution in [3.63, 3.8) is 0 Å². The number of hydrogen-bond donors (Lipinski definition) is 0. The quantitative estimate of drug-likeness (QED) is 0.595. The minimum Gasteiger partial charge on any atom is -0.493 e. The van der Waals surface area contributed by atoms with Crippen molar-refractivity contribution in [1.29, 1.82) is 0 Å². The van der Waals surface area contributed by atoms with Gasteiger partial charge in [-0.3, -0.25) is 4.79 Å². The van der Waals surface area contributed by atoms with E-state index in [2.05, 4.69) is 0 Å². The first-order valence-corrected chi connectivity index (χ1v) is 5.72. The molecule has 4 heteroatoms. The van der Waals surface area contributed by atoms with Gasteiger partial charge in [0, 0.05) is 13.0 Å². The Morgan fingerprint density at radius 3 is 2.59 bits per heavy atom. The van der Waals surface area contributed by atoms with Gasteiger partial charge < -0.3 is 14.2 Å². The maximum absolute atomic E-state index is 10.8. The molecule has 4 nitrogen and oxygen atoms in total. The molecule has 0 amide bonds. The molecular formula is C13H16O4. The first-order chi connectivity index (χ1) is 8.19. The summed E-state index contributed by atoms with van der Waals surface area (Å²) in [7, 11) is 1.57. The molecule has 0 unspecified atom stereocenters. The van der Waals surface area contributed by atoms with Crippen LogP contribution in [-0.2, 0) is 4.79 Å². The predicted octanol–water partition coefficient (Wildman–Crippen LogP) is 2.55. The molecule has 0 aromatic heterocycles. The molecule has 1 saturated carbocycles. The van der Waals surface area contributed by atoms with Gasteiger partial charge in [-0.05, 0) is 31.4 Å². The summed E-state index contributed by atoms with van der Waals surface area (Å²) < 4.78 is 16.0. The third-order valence-electron chi connectivity index (χ3n) is 2.74. The first kappa shape index (κ1) is 11.8. The van der Waals surface area contributed by atoms with Crippen molar-refractivity contribution in [2.75, 3.05) is 7.11 Å². The molecule has 1 fully saturated rings. The molecule has 0 N–H and O–H groups in total. The minimum absolute atomic E-state index is 0.295. The average Bonchev–Trinajstić information content (AvgIpc) is 2.23. The molecule has 0 radical (unpaired) electrons. The van der Waals surface area contributed by atoms with Crippen molar-refractivity contribution < 1.29 is 19.0 Å². The summed E-state index contributed by atoms with van der Waals surface area (Å²) in [4.78, 5) is 10.8. The number of rotatable bonds is 4. The lowest BCUT2D eigenvalue weighted by Gasteiger charge is -2.27. The van der Waals surface area contributed by atoms with Crippen LogP contribution in [0.1, 0.15) is 26.2 Å². The summed E-state index contributed by atoms with van der Waals surface area (Å²) in [6.45, 7) is 1.37. The molecule has 1 aliphatic carbocycles. The van der Waals surface area contributed by atoms with Gasteiger partial charge in [0.05, 0.1) is 13.2 Å². The minimum atomic E-state index is -0.347. The van der Waals surface area contributed by atoms with Gasteiger partial charge in [-0.2, -0.15) is 0 Å². The number of methoxy groups -OCH3 is 1. The van der Waals surface area contributed by atoms with Crippen LogP contribution in [0.3, 0.4) is 0 Å². The Hall–Kier alpha value is -1.71. The second-order valence-electron chi connectivity index (χ2n) is 4.08. The molecule has 0 atom stereocenters. The van der Waals surface area contributed by atoms with Crippen molar-refractivity contribution in [1.82, 2.24) is 0 Å². The highest BCUT2D eigenvalue weighted by atomic mass is 16.5. The van der Waals surface area contributed by atoms with E-state index in [0.29, 0.717) is 23.4 Å². The van der Waals surface area contributed by atoms with Crippen molar-refractivity contribution >= 4 is 5.97 Å². The van der Waals surface area contributed by atoms with Gasteiger partial charge >= 0.3 is 5.97 Å². The second-order valence-corrected chi connectivity index (χ2v) is 4.08. The SMILES string of the molecule is COc1cc(OC(C)=O)ccc1OC1CCC1. The van der Waals surface area contributed by atoms with E-state index in [1.807, 2.05) is 0 Å². The van der Waals surface area contributed by atoms with Crippen molar-refractivity contribution in [2.45, 2.75) is 32.3 Å². The Morgan fingerprint density at radius 2 is 2.06 bits per heavy atom. The Bertz CT molecular complexity index is 410. The molecule has 0 heterocycles. The number of carbonyl (C=O) groups is 1. The van der Waals surface area contributed by atoms with Crippen LogP contribution in [0.4, 0.5) is 0 Å². The normalized spacial score (nSPS) is 14.9. The van der Waals surface area contributed by atoms with Crippen LogP contribution in [0, 0.1) is 0 Å². The second kappa shape index (κ2) is 5.08. The standard InChI is InChI=1S/C13H16O4/c1-9(14)16-11-6-7-12(13(8-11)15-2)17-10-4-3-5-10/h6-8,10H,3-5H2,1-2H3. The van der Waals surface area contributed by atoms with E-state index >= 15 is 0 Å². The van der Waals surface area contributed by atoms with Crippen LogP contribution in [0.2, 0.25) is 0 Å². The molecule has 0 aliphatic heterocycles. The van der Waals surface area contributed by atoms with Crippen LogP contribution in [0.5, 0.6) is 17.2 Å². The highest BCUT2D eigenvalue weighted by Crippen LogP contribution is 2.34. The van der Waals surface area contributed by atoms with Gasteiger partial charge in [0.25, 0.3) is 0 Å². The van der Waals surface area contributed by atoms with Gasteiger partial charge in [-0.1, -0.05) is 0 Å². The van der Waals surface area contributed by atoms with E-state index in [1.165, 1.54) is 13.3 Å². The summed E-state index contributed by atoms with van der Waals surface area (Å²) in [6, 6.07) is 5.14. The van der Waals surface area contributed by atoms with E-state index < -0.39 is 0 Å². The highest BCUT2D eigenvalue weighted by Gasteiger charge is 2.20. The third-order valence-corrected chi connectivity index (χ3v) is 2.74. The summed E-state index contributed by atoms with van der Waals surface area (Å²) in [5.74, 6) is 1.42. The number of benzene rings is 1. The lowest BCUT2D eigenvalue weighted by atomic mass is 9.96. The lowest BCUT2D eigenvalue weighted by Crippen LogP contribution is -2.24. The van der Waals surface area contributed by atoms with Crippen LogP contribution in [-0.4, -0.2) is 19.2 Å². The zero-order valence-electron chi connectivity index (χ0n) is 10.1. The number of ether oxygens (including phenoxy) is 3. The number of esters is 1. The molecule has 92 valence electrons. The summed E-state index contributed by atoms with van der Waals surface area (Å²) >= 11 is 0. The van der Waals surface area contributed by atoms with E-state index in [0.717, 1.165) is 12.8 Å². The molecule has 0 saturated heterocycles. The van der Waals surface area contributed by atoms with Gasteiger partial charge in [-0.25, -0.2) is 0 Å². The number of hydrogen-bond acceptors (Lipinski definition) is 4. The summed E-state index contributed by atoms with van der Waals surface area (Å²) in [6.07, 6.45) is 3.70. The molecule has 0 spiro atoms. The van der Waals surface area contributed by atoms with Crippen molar-refractivity contribution in [2.24, 2.45) is 0 Å². The van der Waals surface area contributed by atoms with Gasteiger partial charge in [0.15, 0.2) is 11.5 Å².